The van der Waals surface area contributed by atoms with Crippen molar-refractivity contribution in [3.63, 3.8) is 0 Å². The standard InChI is InChI=1S/C6H14N2/c1-3-8(2)6-4-5-7/h4,6H,3,5,7H2,1-2H3. The fraction of sp³-hybridized carbons (Fsp3) is 0.667. The summed E-state index contributed by atoms with van der Waals surface area (Å²) in [5.74, 6) is 0. The lowest BCUT2D eigenvalue weighted by atomic mass is 10.5. The average Bonchev–Trinajstić information content (AvgIpc) is 1.83. The Hall–Kier alpha value is -0.500. The van der Waals surface area contributed by atoms with E-state index in [1.807, 2.05) is 19.3 Å². The number of hydrogen-bond donors (Lipinski definition) is 1. The smallest absolute Gasteiger partial charge is 0.0140 e. The predicted molar refractivity (Wildman–Crippen MR) is 36.5 cm³/mol. The summed E-state index contributed by atoms with van der Waals surface area (Å²) in [4.78, 5) is 2.08. The van der Waals surface area contributed by atoms with Crippen molar-refractivity contribution >= 4 is 0 Å². The molecule has 0 aromatic rings. The van der Waals surface area contributed by atoms with Gasteiger partial charge in [-0.15, -0.1) is 0 Å². The minimum absolute atomic E-state index is 0.629. The molecule has 0 spiro atoms. The molecular weight excluding hydrogens is 100 g/mol. The Balaban J connectivity index is 3.21. The Morgan fingerprint density at radius 3 is 2.62 bits per heavy atom. The SMILES string of the molecule is CCN(C)C=CCN. The summed E-state index contributed by atoms with van der Waals surface area (Å²) < 4.78 is 0. The first-order valence-corrected chi connectivity index (χ1v) is 2.88. The molecular formula is C6H14N2. The van der Waals surface area contributed by atoms with Crippen LogP contribution in [0, 0.1) is 0 Å². The van der Waals surface area contributed by atoms with Crippen molar-refractivity contribution in [2.75, 3.05) is 20.1 Å². The maximum atomic E-state index is 5.22. The number of rotatable bonds is 3. The first kappa shape index (κ1) is 7.50. The van der Waals surface area contributed by atoms with Gasteiger partial charge in [0.2, 0.25) is 0 Å². The van der Waals surface area contributed by atoms with Crippen LogP contribution in [0.5, 0.6) is 0 Å². The van der Waals surface area contributed by atoms with Gasteiger partial charge in [0.25, 0.3) is 0 Å². The minimum Gasteiger partial charge on any atom is -0.381 e. The molecule has 0 aromatic carbocycles. The molecule has 0 rings (SSSR count). The Bertz CT molecular complexity index is 68.9. The van der Waals surface area contributed by atoms with Crippen LogP contribution in [0.4, 0.5) is 0 Å². The van der Waals surface area contributed by atoms with Crippen LogP contribution in [0.25, 0.3) is 0 Å². The maximum Gasteiger partial charge on any atom is 0.0140 e. The van der Waals surface area contributed by atoms with Gasteiger partial charge in [-0.1, -0.05) is 6.08 Å². The molecule has 0 saturated heterocycles. The lowest BCUT2D eigenvalue weighted by molar-refractivity contribution is 0.483. The zero-order valence-corrected chi connectivity index (χ0v) is 5.59. The summed E-state index contributed by atoms with van der Waals surface area (Å²) in [5.41, 5.74) is 5.22. The molecule has 0 radical (unpaired) electrons. The summed E-state index contributed by atoms with van der Waals surface area (Å²) in [6.45, 7) is 3.77. The Labute approximate surface area is 51.0 Å². The highest BCUT2D eigenvalue weighted by molar-refractivity contribution is 4.80. The molecule has 2 nitrogen and oxygen atoms in total. The molecule has 48 valence electrons. The molecule has 0 aliphatic carbocycles. The summed E-state index contributed by atoms with van der Waals surface area (Å²) >= 11 is 0. The maximum absolute atomic E-state index is 5.22. The van der Waals surface area contributed by atoms with E-state index in [4.69, 9.17) is 5.73 Å². The van der Waals surface area contributed by atoms with Gasteiger partial charge in [-0.2, -0.15) is 0 Å². The second kappa shape index (κ2) is 4.65. The third kappa shape index (κ3) is 3.68. The van der Waals surface area contributed by atoms with E-state index in [0.29, 0.717) is 6.54 Å². The van der Waals surface area contributed by atoms with E-state index in [-0.39, 0.29) is 0 Å². The van der Waals surface area contributed by atoms with Crippen molar-refractivity contribution in [3.05, 3.63) is 12.3 Å². The van der Waals surface area contributed by atoms with Gasteiger partial charge in [0, 0.05) is 20.1 Å². The molecule has 0 bridgehead atoms. The Kier molecular flexibility index (Phi) is 4.36. The van der Waals surface area contributed by atoms with Crippen LogP contribution >= 0.6 is 0 Å². The molecule has 8 heavy (non-hydrogen) atoms. The molecule has 0 amide bonds. The van der Waals surface area contributed by atoms with Gasteiger partial charge in [0.15, 0.2) is 0 Å². The van der Waals surface area contributed by atoms with Gasteiger partial charge < -0.3 is 10.6 Å². The fourth-order valence-corrected chi connectivity index (χ4v) is 0.346. The van der Waals surface area contributed by atoms with Crippen molar-refractivity contribution in [2.24, 2.45) is 5.73 Å². The molecule has 0 atom stereocenters. The molecule has 0 aromatic heterocycles. The number of hydrogen-bond acceptors (Lipinski definition) is 2. The van der Waals surface area contributed by atoms with Gasteiger partial charge in [-0.25, -0.2) is 0 Å². The van der Waals surface area contributed by atoms with E-state index in [2.05, 4.69) is 11.8 Å². The van der Waals surface area contributed by atoms with E-state index in [1.54, 1.807) is 0 Å². The monoisotopic (exact) mass is 114 g/mol. The van der Waals surface area contributed by atoms with Crippen LogP contribution in [0.1, 0.15) is 6.92 Å². The van der Waals surface area contributed by atoms with Crippen LogP contribution in [-0.2, 0) is 0 Å². The van der Waals surface area contributed by atoms with Crippen LogP contribution in [0.15, 0.2) is 12.3 Å². The molecule has 0 fully saturated rings. The van der Waals surface area contributed by atoms with Gasteiger partial charge in [-0.3, -0.25) is 0 Å². The van der Waals surface area contributed by atoms with Gasteiger partial charge in [0.05, 0.1) is 0 Å². The highest BCUT2D eigenvalue weighted by Crippen LogP contribution is 1.79. The third-order valence-electron chi connectivity index (χ3n) is 0.995. The third-order valence-corrected chi connectivity index (χ3v) is 0.995. The first-order valence-electron chi connectivity index (χ1n) is 2.88. The van der Waals surface area contributed by atoms with Crippen molar-refractivity contribution in [1.82, 2.24) is 4.90 Å². The summed E-state index contributed by atoms with van der Waals surface area (Å²) in [5, 5.41) is 0. The molecule has 0 heterocycles. The van der Waals surface area contributed by atoms with Crippen LogP contribution in [0.2, 0.25) is 0 Å². The lowest BCUT2D eigenvalue weighted by Crippen LogP contribution is -2.09. The van der Waals surface area contributed by atoms with E-state index in [1.165, 1.54) is 0 Å². The normalized spacial score (nSPS) is 10.4. The molecule has 0 unspecified atom stereocenters. The van der Waals surface area contributed by atoms with Crippen molar-refractivity contribution in [1.29, 1.82) is 0 Å². The highest BCUT2D eigenvalue weighted by Gasteiger charge is 1.78. The summed E-state index contributed by atoms with van der Waals surface area (Å²) in [6.07, 6.45) is 3.92. The number of nitrogens with two attached hydrogens (primary N) is 1. The summed E-state index contributed by atoms with van der Waals surface area (Å²) in [6, 6.07) is 0. The van der Waals surface area contributed by atoms with E-state index in [9.17, 15) is 0 Å². The highest BCUT2D eigenvalue weighted by atomic mass is 15.1. The molecule has 0 aliphatic rings. The second-order valence-corrected chi connectivity index (χ2v) is 1.69. The lowest BCUT2D eigenvalue weighted by Gasteiger charge is -2.07. The first-order chi connectivity index (χ1) is 3.81. The van der Waals surface area contributed by atoms with Crippen LogP contribution in [0.3, 0.4) is 0 Å². The van der Waals surface area contributed by atoms with E-state index < -0.39 is 0 Å². The summed E-state index contributed by atoms with van der Waals surface area (Å²) in [7, 11) is 2.02. The fourth-order valence-electron chi connectivity index (χ4n) is 0.346. The minimum atomic E-state index is 0.629. The van der Waals surface area contributed by atoms with Crippen molar-refractivity contribution in [3.8, 4) is 0 Å². The molecule has 2 N–H and O–H groups in total. The van der Waals surface area contributed by atoms with Crippen LogP contribution < -0.4 is 5.73 Å². The topological polar surface area (TPSA) is 29.3 Å². The quantitative estimate of drug-likeness (QED) is 0.576. The van der Waals surface area contributed by atoms with Crippen LogP contribution in [-0.4, -0.2) is 25.0 Å². The average molecular weight is 114 g/mol. The van der Waals surface area contributed by atoms with Gasteiger partial charge >= 0.3 is 0 Å². The number of nitrogens with zero attached hydrogens (tertiary/aromatic N) is 1. The molecule has 0 saturated carbocycles. The molecule has 0 aliphatic heterocycles. The Morgan fingerprint density at radius 1 is 1.62 bits per heavy atom. The zero-order chi connectivity index (χ0) is 6.41. The van der Waals surface area contributed by atoms with E-state index >= 15 is 0 Å². The second-order valence-electron chi connectivity index (χ2n) is 1.69. The van der Waals surface area contributed by atoms with Crippen molar-refractivity contribution in [2.45, 2.75) is 6.92 Å². The van der Waals surface area contributed by atoms with Gasteiger partial charge in [-0.05, 0) is 13.1 Å². The Morgan fingerprint density at radius 2 is 2.25 bits per heavy atom. The largest absolute Gasteiger partial charge is 0.381 e. The van der Waals surface area contributed by atoms with Crippen molar-refractivity contribution < 1.29 is 0 Å². The zero-order valence-electron chi connectivity index (χ0n) is 5.59. The predicted octanol–water partition coefficient (Wildman–Crippen LogP) is 0.410. The van der Waals surface area contributed by atoms with E-state index in [0.717, 1.165) is 6.54 Å². The van der Waals surface area contributed by atoms with Gasteiger partial charge in [0.1, 0.15) is 0 Å². The molecule has 2 heteroatoms.